The zero-order valence-electron chi connectivity index (χ0n) is 15.9. The van der Waals surface area contributed by atoms with Crippen LogP contribution in [0.5, 0.6) is 5.75 Å². The molecule has 144 valence electrons. The number of carbonyl (C=O) groups is 2. The number of hydrogen-bond acceptors (Lipinski definition) is 4. The topological polar surface area (TPSA) is 70.7 Å². The summed E-state index contributed by atoms with van der Waals surface area (Å²) in [5, 5.41) is 5.70. The molecule has 1 aliphatic rings. The van der Waals surface area contributed by atoms with E-state index in [-0.39, 0.29) is 23.3 Å². The van der Waals surface area contributed by atoms with Crippen LogP contribution in [0.2, 0.25) is 0 Å². The predicted octanol–water partition coefficient (Wildman–Crippen LogP) is 2.40. The van der Waals surface area contributed by atoms with Gasteiger partial charge in [-0.25, -0.2) is 4.39 Å². The van der Waals surface area contributed by atoms with Crippen molar-refractivity contribution in [1.29, 1.82) is 0 Å². The number of methoxy groups -OCH3 is 1. The fourth-order valence-corrected chi connectivity index (χ4v) is 3.01. The molecular weight excluding hydrogens is 337 g/mol. The number of rotatable bonds is 5. The summed E-state index contributed by atoms with van der Waals surface area (Å²) in [6.45, 7) is 7.55. The Morgan fingerprint density at radius 3 is 2.46 bits per heavy atom. The third-order valence-corrected chi connectivity index (χ3v) is 4.21. The summed E-state index contributed by atoms with van der Waals surface area (Å²) in [5.74, 6) is -0.380. The van der Waals surface area contributed by atoms with Crippen LogP contribution in [0.1, 0.15) is 33.6 Å². The number of ether oxygens (including phenoxy) is 1. The highest BCUT2D eigenvalue weighted by molar-refractivity contribution is 5.92. The van der Waals surface area contributed by atoms with Gasteiger partial charge in [0, 0.05) is 29.3 Å². The van der Waals surface area contributed by atoms with Crippen LogP contribution in [-0.2, 0) is 9.59 Å². The lowest BCUT2D eigenvalue weighted by Gasteiger charge is -2.31. The van der Waals surface area contributed by atoms with Gasteiger partial charge < -0.3 is 15.4 Å². The monoisotopic (exact) mass is 365 g/mol. The van der Waals surface area contributed by atoms with Crippen LogP contribution < -0.4 is 15.4 Å². The zero-order valence-corrected chi connectivity index (χ0v) is 15.9. The molecule has 26 heavy (non-hydrogen) atoms. The fraction of sp³-hybridized carbons (Fsp3) is 0.579. The molecule has 1 fully saturated rings. The molecule has 0 radical (unpaired) electrons. The summed E-state index contributed by atoms with van der Waals surface area (Å²) in [6, 6.07) is 4.12. The van der Waals surface area contributed by atoms with Gasteiger partial charge in [0.15, 0.2) is 0 Å². The highest BCUT2D eigenvalue weighted by atomic mass is 19.1. The maximum absolute atomic E-state index is 13.5. The molecule has 6 nitrogen and oxygen atoms in total. The Hall–Kier alpha value is -2.15. The number of nitrogens with one attached hydrogen (secondary N) is 2. The van der Waals surface area contributed by atoms with E-state index in [0.29, 0.717) is 43.9 Å². The Bertz CT molecular complexity index is 650. The van der Waals surface area contributed by atoms with Crippen LogP contribution in [0.25, 0.3) is 0 Å². The van der Waals surface area contributed by atoms with Crippen LogP contribution in [0.4, 0.5) is 10.1 Å². The summed E-state index contributed by atoms with van der Waals surface area (Å²) >= 11 is 0. The van der Waals surface area contributed by atoms with Gasteiger partial charge in [-0.3, -0.25) is 14.5 Å². The van der Waals surface area contributed by atoms with E-state index < -0.39 is 5.82 Å². The lowest BCUT2D eigenvalue weighted by atomic mass is 9.95. The van der Waals surface area contributed by atoms with E-state index in [2.05, 4.69) is 15.5 Å². The molecule has 1 aliphatic heterocycles. The Labute approximate surface area is 154 Å². The van der Waals surface area contributed by atoms with Gasteiger partial charge in [0.2, 0.25) is 11.8 Å². The molecule has 0 aliphatic carbocycles. The van der Waals surface area contributed by atoms with E-state index in [1.807, 2.05) is 20.8 Å². The maximum atomic E-state index is 13.5. The second-order valence-electron chi connectivity index (χ2n) is 7.72. The summed E-state index contributed by atoms with van der Waals surface area (Å²) in [5.41, 5.74) is 0.139. The first-order valence-corrected chi connectivity index (χ1v) is 8.85. The molecule has 1 aromatic carbocycles. The molecule has 0 aromatic heterocycles. The van der Waals surface area contributed by atoms with Gasteiger partial charge >= 0.3 is 0 Å². The van der Waals surface area contributed by atoms with Crippen molar-refractivity contribution in [2.45, 2.75) is 39.2 Å². The maximum Gasteiger partial charge on any atom is 0.234 e. The lowest BCUT2D eigenvalue weighted by molar-refractivity contribution is -0.124. The first-order valence-electron chi connectivity index (χ1n) is 8.85. The van der Waals surface area contributed by atoms with Crippen LogP contribution >= 0.6 is 0 Å². The van der Waals surface area contributed by atoms with Crippen LogP contribution in [0.3, 0.4) is 0 Å². The van der Waals surface area contributed by atoms with Crippen molar-refractivity contribution < 1.29 is 18.7 Å². The second-order valence-corrected chi connectivity index (χ2v) is 7.72. The Morgan fingerprint density at radius 2 is 1.88 bits per heavy atom. The number of likely N-dealkylation sites (tertiary alicyclic amines) is 1. The summed E-state index contributed by atoms with van der Waals surface area (Å²) in [6.07, 6.45) is 1.34. The van der Waals surface area contributed by atoms with Crippen molar-refractivity contribution in [3.8, 4) is 5.75 Å². The van der Waals surface area contributed by atoms with E-state index in [9.17, 15) is 14.0 Å². The Kier molecular flexibility index (Phi) is 6.58. The van der Waals surface area contributed by atoms with Crippen molar-refractivity contribution in [2.75, 3.05) is 32.1 Å². The molecule has 7 heteroatoms. The number of amides is 2. The van der Waals surface area contributed by atoms with E-state index in [0.717, 1.165) is 0 Å². The number of nitrogens with zero attached hydrogens (tertiary/aromatic N) is 1. The number of piperidine rings is 1. The summed E-state index contributed by atoms with van der Waals surface area (Å²) in [7, 11) is 1.45. The smallest absolute Gasteiger partial charge is 0.234 e. The van der Waals surface area contributed by atoms with Gasteiger partial charge in [0.25, 0.3) is 0 Å². The van der Waals surface area contributed by atoms with Gasteiger partial charge in [0.1, 0.15) is 11.6 Å². The number of halogens is 1. The van der Waals surface area contributed by atoms with Gasteiger partial charge in [-0.15, -0.1) is 0 Å². The van der Waals surface area contributed by atoms with E-state index in [1.165, 1.54) is 19.2 Å². The highest BCUT2D eigenvalue weighted by Crippen LogP contribution is 2.23. The zero-order chi connectivity index (χ0) is 19.3. The fourth-order valence-electron chi connectivity index (χ4n) is 3.01. The standard InChI is InChI=1S/C19H28FN3O3/c1-19(2,3)22-17(24)12-23-7-5-13(6-8-23)18(25)21-15-9-14(20)10-16(11-15)26-4/h9-11,13H,5-8,12H2,1-4H3,(H,21,25)(H,22,24). The van der Waals surface area contributed by atoms with Gasteiger partial charge in [-0.05, 0) is 52.8 Å². The van der Waals surface area contributed by atoms with E-state index in [4.69, 9.17) is 4.74 Å². The molecule has 0 unspecified atom stereocenters. The van der Waals surface area contributed by atoms with Crippen molar-refractivity contribution in [1.82, 2.24) is 10.2 Å². The number of anilines is 1. The molecule has 0 spiro atoms. The lowest BCUT2D eigenvalue weighted by Crippen LogP contribution is -2.48. The molecule has 0 atom stereocenters. The molecule has 2 rings (SSSR count). The van der Waals surface area contributed by atoms with Crippen molar-refractivity contribution >= 4 is 17.5 Å². The number of benzene rings is 1. The quantitative estimate of drug-likeness (QED) is 0.841. The van der Waals surface area contributed by atoms with Crippen molar-refractivity contribution in [2.24, 2.45) is 5.92 Å². The molecule has 0 saturated carbocycles. The van der Waals surface area contributed by atoms with E-state index in [1.54, 1.807) is 6.07 Å². The van der Waals surface area contributed by atoms with Gasteiger partial charge in [-0.2, -0.15) is 0 Å². The molecule has 0 bridgehead atoms. The Balaban J connectivity index is 1.83. The van der Waals surface area contributed by atoms with Crippen LogP contribution in [0, 0.1) is 11.7 Å². The summed E-state index contributed by atoms with van der Waals surface area (Å²) < 4.78 is 18.5. The van der Waals surface area contributed by atoms with E-state index >= 15 is 0 Å². The van der Waals surface area contributed by atoms with Gasteiger partial charge in [-0.1, -0.05) is 0 Å². The third-order valence-electron chi connectivity index (χ3n) is 4.21. The molecule has 1 aromatic rings. The number of hydrogen-bond donors (Lipinski definition) is 2. The van der Waals surface area contributed by atoms with Crippen LogP contribution in [0.15, 0.2) is 18.2 Å². The minimum absolute atomic E-state index is 0.00717. The normalized spacial score (nSPS) is 16.2. The van der Waals surface area contributed by atoms with Crippen molar-refractivity contribution in [3.05, 3.63) is 24.0 Å². The minimum atomic E-state index is -0.459. The molecule has 1 saturated heterocycles. The first-order chi connectivity index (χ1) is 12.2. The molecular formula is C19H28FN3O3. The first kappa shape index (κ1) is 20.2. The average molecular weight is 365 g/mol. The molecule has 1 heterocycles. The minimum Gasteiger partial charge on any atom is -0.497 e. The molecule has 2 N–H and O–H groups in total. The number of carbonyl (C=O) groups excluding carboxylic acids is 2. The molecule has 2 amide bonds. The third kappa shape index (κ3) is 6.29. The second kappa shape index (κ2) is 8.49. The SMILES string of the molecule is COc1cc(F)cc(NC(=O)C2CCN(CC(=O)NC(C)(C)C)CC2)c1. The Morgan fingerprint density at radius 1 is 1.23 bits per heavy atom. The van der Waals surface area contributed by atoms with Gasteiger partial charge in [0.05, 0.1) is 13.7 Å². The highest BCUT2D eigenvalue weighted by Gasteiger charge is 2.26. The predicted molar refractivity (Wildman–Crippen MR) is 98.6 cm³/mol. The van der Waals surface area contributed by atoms with Crippen LogP contribution in [-0.4, -0.2) is 49.0 Å². The average Bonchev–Trinajstić information content (AvgIpc) is 2.53. The summed E-state index contributed by atoms with van der Waals surface area (Å²) in [4.78, 5) is 26.5. The largest absolute Gasteiger partial charge is 0.497 e. The van der Waals surface area contributed by atoms with Crippen molar-refractivity contribution in [3.63, 3.8) is 0 Å².